The van der Waals surface area contributed by atoms with Crippen molar-refractivity contribution in [1.29, 1.82) is 0 Å². The van der Waals surface area contributed by atoms with Crippen molar-refractivity contribution in [3.05, 3.63) is 11.1 Å². The number of aliphatic hydroxyl groups is 1. The van der Waals surface area contributed by atoms with Gasteiger partial charge in [0, 0.05) is 5.38 Å². The maximum atomic E-state index is 12.1. The van der Waals surface area contributed by atoms with Crippen molar-refractivity contribution < 1.29 is 9.90 Å². The summed E-state index contributed by atoms with van der Waals surface area (Å²) < 4.78 is 0. The van der Waals surface area contributed by atoms with Crippen LogP contribution in [0.15, 0.2) is 5.38 Å². The number of carbonyl (C=O) groups is 1. The van der Waals surface area contributed by atoms with Gasteiger partial charge in [0.05, 0.1) is 24.3 Å². The molecule has 106 valence electrons. The zero-order valence-corrected chi connectivity index (χ0v) is 12.0. The molecule has 0 aromatic carbocycles. The maximum absolute atomic E-state index is 12.1. The van der Waals surface area contributed by atoms with Gasteiger partial charge < -0.3 is 16.2 Å². The molecule has 0 saturated heterocycles. The molecule has 0 spiro atoms. The predicted molar refractivity (Wildman–Crippen MR) is 75.8 cm³/mol. The fourth-order valence-electron chi connectivity index (χ4n) is 2.87. The molecule has 0 aliphatic heterocycles. The fourth-order valence-corrected chi connectivity index (χ4v) is 3.43. The molecule has 1 aromatic rings. The van der Waals surface area contributed by atoms with E-state index in [0.29, 0.717) is 16.7 Å². The van der Waals surface area contributed by atoms with E-state index in [1.165, 1.54) is 17.8 Å². The number of amides is 1. The number of carbonyl (C=O) groups excluding carboxylic acids is 1. The van der Waals surface area contributed by atoms with Crippen molar-refractivity contribution in [3.63, 3.8) is 0 Å². The summed E-state index contributed by atoms with van der Waals surface area (Å²) in [5.41, 5.74) is 5.79. The van der Waals surface area contributed by atoms with Gasteiger partial charge in [-0.3, -0.25) is 4.79 Å². The van der Waals surface area contributed by atoms with Gasteiger partial charge in [-0.2, -0.15) is 0 Å². The average Bonchev–Trinajstić information content (AvgIpc) is 2.74. The first-order valence-electron chi connectivity index (χ1n) is 6.65. The number of nitrogens with two attached hydrogens (primary N) is 1. The lowest BCUT2D eigenvalue weighted by Crippen LogP contribution is -2.54. The number of nitrogens with one attached hydrogen (secondary N) is 1. The Balaban J connectivity index is 1.96. The number of rotatable bonds is 4. The lowest BCUT2D eigenvalue weighted by Gasteiger charge is -2.39. The van der Waals surface area contributed by atoms with Crippen LogP contribution < -0.4 is 11.1 Å². The summed E-state index contributed by atoms with van der Waals surface area (Å²) >= 11 is 1.33. The van der Waals surface area contributed by atoms with Crippen LogP contribution in [0.4, 0.5) is 5.13 Å². The predicted octanol–water partition coefficient (Wildman–Crippen LogP) is 1.33. The largest absolute Gasteiger partial charge is 0.394 e. The third-order valence-electron chi connectivity index (χ3n) is 3.71. The average molecular weight is 283 g/mol. The van der Waals surface area contributed by atoms with Crippen molar-refractivity contribution >= 4 is 22.4 Å². The third kappa shape index (κ3) is 3.67. The molecular formula is C13H21N3O2S. The zero-order valence-electron chi connectivity index (χ0n) is 11.2. The highest BCUT2D eigenvalue weighted by Gasteiger charge is 2.35. The van der Waals surface area contributed by atoms with Gasteiger partial charge in [0.1, 0.15) is 0 Å². The van der Waals surface area contributed by atoms with Crippen molar-refractivity contribution in [1.82, 2.24) is 10.3 Å². The van der Waals surface area contributed by atoms with E-state index in [9.17, 15) is 9.90 Å². The van der Waals surface area contributed by atoms with Gasteiger partial charge in [-0.05, 0) is 18.8 Å². The highest BCUT2D eigenvalue weighted by molar-refractivity contribution is 7.13. The van der Waals surface area contributed by atoms with E-state index in [4.69, 9.17) is 5.73 Å². The monoisotopic (exact) mass is 283 g/mol. The topological polar surface area (TPSA) is 88.2 Å². The minimum atomic E-state index is -0.448. The van der Waals surface area contributed by atoms with Crippen molar-refractivity contribution in [3.8, 4) is 0 Å². The van der Waals surface area contributed by atoms with Gasteiger partial charge in [-0.1, -0.05) is 19.8 Å². The molecule has 1 heterocycles. The summed E-state index contributed by atoms with van der Waals surface area (Å²) in [6.45, 7) is 2.17. The lowest BCUT2D eigenvalue weighted by atomic mass is 9.77. The number of hydrogen-bond acceptors (Lipinski definition) is 5. The molecule has 1 saturated carbocycles. The minimum absolute atomic E-state index is 0.00227. The second kappa shape index (κ2) is 5.88. The van der Waals surface area contributed by atoms with Gasteiger partial charge in [-0.15, -0.1) is 11.3 Å². The molecule has 2 unspecified atom stereocenters. The Morgan fingerprint density at radius 2 is 2.53 bits per heavy atom. The molecule has 0 bridgehead atoms. The zero-order chi connectivity index (χ0) is 13.9. The van der Waals surface area contributed by atoms with Crippen LogP contribution in [0.1, 0.15) is 38.3 Å². The first kappa shape index (κ1) is 14.3. The Labute approximate surface area is 117 Å². The molecule has 19 heavy (non-hydrogen) atoms. The van der Waals surface area contributed by atoms with Crippen molar-refractivity contribution in [2.45, 2.75) is 44.6 Å². The number of thiazole rings is 1. The third-order valence-corrected chi connectivity index (χ3v) is 4.43. The smallest absolute Gasteiger partial charge is 0.226 e. The van der Waals surface area contributed by atoms with E-state index in [0.717, 1.165) is 19.3 Å². The number of hydrogen-bond donors (Lipinski definition) is 3. The molecule has 5 nitrogen and oxygen atoms in total. The molecule has 1 amide bonds. The van der Waals surface area contributed by atoms with Gasteiger partial charge in [0.25, 0.3) is 0 Å². The standard InChI is InChI=1S/C13H21N3O2S/c1-9-3-2-4-13(6-9,8-17)16-11(18)5-10-7-19-12(14)15-10/h7,9,17H,2-6,8H2,1H3,(H2,14,15)(H,16,18). The van der Waals surface area contributed by atoms with Gasteiger partial charge in [0.2, 0.25) is 5.91 Å². The van der Waals surface area contributed by atoms with E-state index in [1.54, 1.807) is 5.38 Å². The quantitative estimate of drug-likeness (QED) is 0.777. The van der Waals surface area contributed by atoms with Crippen LogP contribution in [0.2, 0.25) is 0 Å². The normalized spacial score (nSPS) is 27.2. The number of nitrogens with zero attached hydrogens (tertiary/aromatic N) is 1. The summed E-state index contributed by atoms with van der Waals surface area (Å²) in [6.07, 6.45) is 4.13. The Kier molecular flexibility index (Phi) is 4.42. The van der Waals surface area contributed by atoms with E-state index in [2.05, 4.69) is 17.2 Å². The summed E-state index contributed by atoms with van der Waals surface area (Å²) in [5.74, 6) is 0.449. The highest BCUT2D eigenvalue weighted by atomic mass is 32.1. The Morgan fingerprint density at radius 1 is 1.74 bits per heavy atom. The van der Waals surface area contributed by atoms with Gasteiger partial charge in [0.15, 0.2) is 5.13 Å². The Bertz CT molecular complexity index is 449. The molecule has 1 aliphatic carbocycles. The van der Waals surface area contributed by atoms with Crippen LogP contribution in [0.3, 0.4) is 0 Å². The van der Waals surface area contributed by atoms with Crippen molar-refractivity contribution in [2.75, 3.05) is 12.3 Å². The lowest BCUT2D eigenvalue weighted by molar-refractivity contribution is -0.123. The van der Waals surface area contributed by atoms with E-state index in [-0.39, 0.29) is 18.9 Å². The van der Waals surface area contributed by atoms with Gasteiger partial charge >= 0.3 is 0 Å². The van der Waals surface area contributed by atoms with Gasteiger partial charge in [-0.25, -0.2) is 4.98 Å². The summed E-state index contributed by atoms with van der Waals surface area (Å²) in [4.78, 5) is 16.1. The summed E-state index contributed by atoms with van der Waals surface area (Å²) in [7, 11) is 0. The Morgan fingerprint density at radius 3 is 3.11 bits per heavy atom. The molecule has 1 aromatic heterocycles. The number of nitrogen functional groups attached to an aromatic ring is 1. The van der Waals surface area contributed by atoms with Crippen LogP contribution in [0.25, 0.3) is 0 Å². The van der Waals surface area contributed by atoms with Crippen LogP contribution in [-0.4, -0.2) is 28.1 Å². The van der Waals surface area contributed by atoms with E-state index >= 15 is 0 Å². The first-order chi connectivity index (χ1) is 9.03. The number of aromatic nitrogens is 1. The summed E-state index contributed by atoms with van der Waals surface area (Å²) in [5, 5.41) is 14.9. The molecule has 1 fully saturated rings. The van der Waals surface area contributed by atoms with E-state index in [1.807, 2.05) is 0 Å². The number of aliphatic hydroxyl groups excluding tert-OH is 1. The molecule has 2 atom stereocenters. The number of anilines is 1. The second-order valence-corrected chi connectivity index (χ2v) is 6.43. The molecule has 1 aliphatic rings. The SMILES string of the molecule is CC1CCCC(CO)(NC(=O)Cc2csc(N)n2)C1. The maximum Gasteiger partial charge on any atom is 0.226 e. The molecule has 2 rings (SSSR count). The highest BCUT2D eigenvalue weighted by Crippen LogP contribution is 2.32. The van der Waals surface area contributed by atoms with Crippen molar-refractivity contribution in [2.24, 2.45) is 5.92 Å². The molecular weight excluding hydrogens is 262 g/mol. The van der Waals surface area contributed by atoms with E-state index < -0.39 is 5.54 Å². The first-order valence-corrected chi connectivity index (χ1v) is 7.53. The molecule has 6 heteroatoms. The molecule has 4 N–H and O–H groups in total. The van der Waals surface area contributed by atoms with Crippen LogP contribution in [0.5, 0.6) is 0 Å². The molecule has 0 radical (unpaired) electrons. The van der Waals surface area contributed by atoms with Crippen LogP contribution >= 0.6 is 11.3 Å². The fraction of sp³-hybridized carbons (Fsp3) is 0.692. The second-order valence-electron chi connectivity index (χ2n) is 5.54. The van der Waals surface area contributed by atoms with Crippen LogP contribution in [0, 0.1) is 5.92 Å². The minimum Gasteiger partial charge on any atom is -0.394 e. The summed E-state index contributed by atoms with van der Waals surface area (Å²) in [6, 6.07) is 0. The van der Waals surface area contributed by atoms with Crippen LogP contribution in [-0.2, 0) is 11.2 Å². The Hall–Kier alpha value is -1.14.